The zero-order chi connectivity index (χ0) is 15.6. The molecule has 0 aliphatic heterocycles. The summed E-state index contributed by atoms with van der Waals surface area (Å²) in [5.74, 6) is -1.71. The van der Waals surface area contributed by atoms with Gasteiger partial charge in [0.15, 0.2) is 0 Å². The van der Waals surface area contributed by atoms with Crippen LogP contribution in [0.5, 0.6) is 0 Å². The van der Waals surface area contributed by atoms with E-state index in [1.807, 2.05) is 19.1 Å². The standard InChI is InChI=1S/C16H15ClFNO2/c1-10(11-6-8-12(17)9-7-11)19(2)15-13(16(20)21)4-3-5-14(15)18/h3-10H,1-2H3,(H,20,21). The van der Waals surface area contributed by atoms with Crippen molar-refractivity contribution in [3.63, 3.8) is 0 Å². The zero-order valence-corrected chi connectivity index (χ0v) is 12.4. The average Bonchev–Trinajstić information content (AvgIpc) is 2.46. The molecule has 0 radical (unpaired) electrons. The molecule has 0 aliphatic carbocycles. The van der Waals surface area contributed by atoms with Crippen LogP contribution in [0.3, 0.4) is 0 Å². The van der Waals surface area contributed by atoms with Gasteiger partial charge >= 0.3 is 5.97 Å². The smallest absolute Gasteiger partial charge is 0.337 e. The van der Waals surface area contributed by atoms with Crippen molar-refractivity contribution >= 4 is 23.3 Å². The van der Waals surface area contributed by atoms with E-state index >= 15 is 0 Å². The number of rotatable bonds is 4. The molecule has 1 unspecified atom stereocenters. The molecule has 2 aromatic rings. The molecule has 110 valence electrons. The SMILES string of the molecule is CC(c1ccc(Cl)cc1)N(C)c1c(F)cccc1C(=O)O. The number of halogens is 2. The molecule has 2 aromatic carbocycles. The summed E-state index contributed by atoms with van der Waals surface area (Å²) in [6.45, 7) is 1.88. The van der Waals surface area contributed by atoms with Gasteiger partial charge in [0, 0.05) is 12.1 Å². The molecule has 0 fully saturated rings. The number of hydrogen-bond donors (Lipinski definition) is 1. The van der Waals surface area contributed by atoms with Crippen LogP contribution in [-0.2, 0) is 0 Å². The molecule has 2 rings (SSSR count). The lowest BCUT2D eigenvalue weighted by Gasteiger charge is -2.29. The molecule has 0 saturated carbocycles. The quantitative estimate of drug-likeness (QED) is 0.911. The Morgan fingerprint density at radius 2 is 1.86 bits per heavy atom. The molecule has 0 aliphatic rings. The second-order valence-electron chi connectivity index (χ2n) is 4.78. The van der Waals surface area contributed by atoms with Gasteiger partial charge in [0.1, 0.15) is 5.82 Å². The first kappa shape index (κ1) is 15.3. The highest BCUT2D eigenvalue weighted by molar-refractivity contribution is 6.30. The Labute approximate surface area is 127 Å². The molecule has 0 aromatic heterocycles. The number of carboxylic acid groups (broad SMARTS) is 1. The van der Waals surface area contributed by atoms with Crippen LogP contribution in [0.4, 0.5) is 10.1 Å². The lowest BCUT2D eigenvalue weighted by molar-refractivity contribution is 0.0697. The Hall–Kier alpha value is -2.07. The zero-order valence-electron chi connectivity index (χ0n) is 11.7. The monoisotopic (exact) mass is 307 g/mol. The normalized spacial score (nSPS) is 12.0. The summed E-state index contributed by atoms with van der Waals surface area (Å²) in [5.41, 5.74) is 0.937. The maximum atomic E-state index is 14.1. The van der Waals surface area contributed by atoms with Gasteiger partial charge in [0.25, 0.3) is 0 Å². The predicted octanol–water partition coefficient (Wildman–Crippen LogP) is 4.37. The van der Waals surface area contributed by atoms with E-state index in [4.69, 9.17) is 11.6 Å². The maximum Gasteiger partial charge on any atom is 0.337 e. The van der Waals surface area contributed by atoms with Gasteiger partial charge in [-0.2, -0.15) is 0 Å². The topological polar surface area (TPSA) is 40.5 Å². The van der Waals surface area contributed by atoms with Crippen molar-refractivity contribution in [1.29, 1.82) is 0 Å². The minimum atomic E-state index is -1.15. The van der Waals surface area contributed by atoms with Crippen LogP contribution >= 0.6 is 11.6 Å². The molecule has 21 heavy (non-hydrogen) atoms. The first-order valence-corrected chi connectivity index (χ1v) is 6.79. The lowest BCUT2D eigenvalue weighted by Crippen LogP contribution is -2.25. The van der Waals surface area contributed by atoms with Crippen molar-refractivity contribution in [2.45, 2.75) is 13.0 Å². The molecule has 0 amide bonds. The fourth-order valence-electron chi connectivity index (χ4n) is 2.20. The number of anilines is 1. The highest BCUT2D eigenvalue weighted by Gasteiger charge is 2.22. The van der Waals surface area contributed by atoms with E-state index in [1.54, 1.807) is 24.1 Å². The molecular weight excluding hydrogens is 293 g/mol. The van der Waals surface area contributed by atoms with Crippen LogP contribution in [0.1, 0.15) is 28.9 Å². The van der Waals surface area contributed by atoms with E-state index in [1.165, 1.54) is 18.2 Å². The lowest BCUT2D eigenvalue weighted by atomic mass is 10.0. The maximum absolute atomic E-state index is 14.1. The van der Waals surface area contributed by atoms with Crippen LogP contribution < -0.4 is 4.90 Å². The molecule has 3 nitrogen and oxygen atoms in total. The van der Waals surface area contributed by atoms with Gasteiger partial charge in [-0.1, -0.05) is 29.8 Å². The van der Waals surface area contributed by atoms with Gasteiger partial charge in [0.2, 0.25) is 0 Å². The summed E-state index contributed by atoms with van der Waals surface area (Å²) in [6.07, 6.45) is 0. The molecule has 0 spiro atoms. The van der Waals surface area contributed by atoms with Gasteiger partial charge in [-0.25, -0.2) is 9.18 Å². The van der Waals surface area contributed by atoms with E-state index in [0.29, 0.717) is 5.02 Å². The Morgan fingerprint density at radius 3 is 2.43 bits per heavy atom. The van der Waals surface area contributed by atoms with Gasteiger partial charge in [-0.15, -0.1) is 0 Å². The molecule has 1 N–H and O–H groups in total. The third kappa shape index (κ3) is 3.16. The Bertz CT molecular complexity index is 658. The van der Waals surface area contributed by atoms with E-state index < -0.39 is 11.8 Å². The fourth-order valence-corrected chi connectivity index (χ4v) is 2.33. The van der Waals surface area contributed by atoms with E-state index in [9.17, 15) is 14.3 Å². The van der Waals surface area contributed by atoms with Crippen LogP contribution in [0.2, 0.25) is 5.02 Å². The minimum absolute atomic E-state index is 0.0571. The van der Waals surface area contributed by atoms with Gasteiger partial charge in [-0.3, -0.25) is 0 Å². The molecule has 5 heteroatoms. The van der Waals surface area contributed by atoms with Gasteiger partial charge in [-0.05, 0) is 36.8 Å². The van der Waals surface area contributed by atoms with Crippen LogP contribution in [-0.4, -0.2) is 18.1 Å². The summed E-state index contributed by atoms with van der Waals surface area (Å²) in [6, 6.07) is 11.0. The minimum Gasteiger partial charge on any atom is -0.478 e. The first-order valence-electron chi connectivity index (χ1n) is 6.42. The number of hydrogen-bond acceptors (Lipinski definition) is 2. The number of nitrogens with zero attached hydrogens (tertiary/aromatic N) is 1. The summed E-state index contributed by atoms with van der Waals surface area (Å²) >= 11 is 5.85. The second kappa shape index (κ2) is 6.14. The van der Waals surface area contributed by atoms with Crippen molar-refractivity contribution in [3.8, 4) is 0 Å². The van der Waals surface area contributed by atoms with Crippen molar-refractivity contribution in [3.05, 3.63) is 64.4 Å². The average molecular weight is 308 g/mol. The summed E-state index contributed by atoms with van der Waals surface area (Å²) < 4.78 is 14.1. The highest BCUT2D eigenvalue weighted by atomic mass is 35.5. The number of para-hydroxylation sites is 1. The number of carboxylic acids is 1. The van der Waals surface area contributed by atoms with Crippen LogP contribution in [0, 0.1) is 5.82 Å². The molecule has 0 saturated heterocycles. The van der Waals surface area contributed by atoms with Crippen molar-refractivity contribution < 1.29 is 14.3 Å². The fraction of sp³-hybridized carbons (Fsp3) is 0.188. The first-order chi connectivity index (χ1) is 9.91. The van der Waals surface area contributed by atoms with Gasteiger partial charge in [0.05, 0.1) is 17.3 Å². The Kier molecular flexibility index (Phi) is 4.48. The van der Waals surface area contributed by atoms with E-state index in [2.05, 4.69) is 0 Å². The molecule has 0 bridgehead atoms. The molecular formula is C16H15ClFNO2. The number of benzene rings is 2. The van der Waals surface area contributed by atoms with Crippen molar-refractivity contribution in [2.24, 2.45) is 0 Å². The van der Waals surface area contributed by atoms with E-state index in [-0.39, 0.29) is 17.3 Å². The molecule has 0 heterocycles. The third-order valence-electron chi connectivity index (χ3n) is 3.50. The van der Waals surface area contributed by atoms with Crippen molar-refractivity contribution in [2.75, 3.05) is 11.9 Å². The van der Waals surface area contributed by atoms with Gasteiger partial charge < -0.3 is 10.0 Å². The predicted molar refractivity (Wildman–Crippen MR) is 81.6 cm³/mol. The summed E-state index contributed by atoms with van der Waals surface area (Å²) in [5, 5.41) is 9.83. The van der Waals surface area contributed by atoms with Crippen molar-refractivity contribution in [1.82, 2.24) is 0 Å². The largest absolute Gasteiger partial charge is 0.478 e. The van der Waals surface area contributed by atoms with Crippen LogP contribution in [0.15, 0.2) is 42.5 Å². The number of aromatic carboxylic acids is 1. The molecule has 1 atom stereocenters. The number of carbonyl (C=O) groups is 1. The van der Waals surface area contributed by atoms with E-state index in [0.717, 1.165) is 5.56 Å². The second-order valence-corrected chi connectivity index (χ2v) is 5.22. The summed E-state index contributed by atoms with van der Waals surface area (Å²) in [7, 11) is 1.67. The third-order valence-corrected chi connectivity index (χ3v) is 3.76. The summed E-state index contributed by atoms with van der Waals surface area (Å²) in [4.78, 5) is 12.9. The Balaban J connectivity index is 2.42. The van der Waals surface area contributed by atoms with Crippen LogP contribution in [0.25, 0.3) is 0 Å². The highest BCUT2D eigenvalue weighted by Crippen LogP contribution is 2.31. The Morgan fingerprint density at radius 1 is 1.24 bits per heavy atom.